The van der Waals surface area contributed by atoms with Crippen molar-refractivity contribution in [3.05, 3.63) is 60.4 Å². The number of nitrogens with one attached hydrogen (secondary N) is 1. The third-order valence-corrected chi connectivity index (χ3v) is 5.15. The number of halogens is 1. The molecule has 0 radical (unpaired) electrons. The third-order valence-electron chi connectivity index (χ3n) is 5.15. The molecule has 1 fully saturated rings. The number of amides is 1. The summed E-state index contributed by atoms with van der Waals surface area (Å²) in [5.74, 6) is -0.492. The van der Waals surface area contributed by atoms with Crippen molar-refractivity contribution in [1.82, 2.24) is 29.2 Å². The Morgan fingerprint density at radius 2 is 2.03 bits per heavy atom. The first kappa shape index (κ1) is 19.2. The van der Waals surface area contributed by atoms with E-state index >= 15 is 0 Å². The molecule has 4 aromatic rings. The van der Waals surface area contributed by atoms with Gasteiger partial charge in [0.2, 0.25) is 5.95 Å². The monoisotopic (exact) mass is 421 g/mol. The summed E-state index contributed by atoms with van der Waals surface area (Å²) in [5.41, 5.74) is 2.00. The average molecular weight is 421 g/mol. The lowest BCUT2D eigenvalue weighted by atomic mass is 10.1. The van der Waals surface area contributed by atoms with Crippen molar-refractivity contribution >= 4 is 28.6 Å². The van der Waals surface area contributed by atoms with E-state index < -0.39 is 5.82 Å². The SMILES string of the molecule is Cn1cc(Nc2ncc3ccn(-c4ccc(C(=O)N5CCOCC5)c(F)c4)c3n2)cn1. The lowest BCUT2D eigenvalue weighted by molar-refractivity contribution is 0.0300. The minimum absolute atomic E-state index is 0.0515. The number of rotatable bonds is 4. The van der Waals surface area contributed by atoms with E-state index in [-0.39, 0.29) is 11.5 Å². The Bertz CT molecular complexity index is 1260. The number of aromatic nitrogens is 5. The second-order valence-electron chi connectivity index (χ2n) is 7.25. The number of anilines is 2. The second-order valence-corrected chi connectivity index (χ2v) is 7.25. The fraction of sp³-hybridized carbons (Fsp3) is 0.238. The highest BCUT2D eigenvalue weighted by molar-refractivity contribution is 5.95. The van der Waals surface area contributed by atoms with E-state index in [2.05, 4.69) is 20.4 Å². The van der Waals surface area contributed by atoms with Crippen LogP contribution in [0, 0.1) is 5.82 Å². The van der Waals surface area contributed by atoms with E-state index in [1.807, 2.05) is 19.3 Å². The molecule has 0 spiro atoms. The van der Waals surface area contributed by atoms with Crippen molar-refractivity contribution in [3.63, 3.8) is 0 Å². The first-order valence-electron chi connectivity index (χ1n) is 9.85. The van der Waals surface area contributed by atoms with Gasteiger partial charge in [-0.15, -0.1) is 0 Å². The summed E-state index contributed by atoms with van der Waals surface area (Å²) < 4.78 is 23.6. The topological polar surface area (TPSA) is 90.1 Å². The summed E-state index contributed by atoms with van der Waals surface area (Å²) >= 11 is 0. The number of carbonyl (C=O) groups excluding carboxylic acids is 1. The van der Waals surface area contributed by atoms with Crippen LogP contribution in [0.2, 0.25) is 0 Å². The molecule has 4 heterocycles. The number of nitrogens with zero attached hydrogens (tertiary/aromatic N) is 6. The van der Waals surface area contributed by atoms with E-state index in [1.165, 1.54) is 12.1 Å². The van der Waals surface area contributed by atoms with Crippen LogP contribution in [-0.2, 0) is 11.8 Å². The van der Waals surface area contributed by atoms with Gasteiger partial charge in [0.05, 0.1) is 30.7 Å². The molecule has 0 aliphatic carbocycles. The summed E-state index contributed by atoms with van der Waals surface area (Å²) in [6, 6.07) is 6.44. The lowest BCUT2D eigenvalue weighted by Gasteiger charge is -2.27. The summed E-state index contributed by atoms with van der Waals surface area (Å²) in [7, 11) is 1.82. The molecule has 1 saturated heterocycles. The normalized spacial score (nSPS) is 14.2. The zero-order valence-electron chi connectivity index (χ0n) is 16.8. The van der Waals surface area contributed by atoms with Gasteiger partial charge in [0.15, 0.2) is 0 Å². The Morgan fingerprint density at radius 3 is 2.77 bits per heavy atom. The maximum absolute atomic E-state index is 14.9. The van der Waals surface area contributed by atoms with Crippen LogP contribution in [0.3, 0.4) is 0 Å². The third kappa shape index (κ3) is 3.73. The molecule has 3 aromatic heterocycles. The molecular formula is C21H20FN7O2. The quantitative estimate of drug-likeness (QED) is 0.545. The first-order valence-corrected chi connectivity index (χ1v) is 9.85. The van der Waals surface area contributed by atoms with E-state index in [1.54, 1.807) is 38.8 Å². The number of morpholine rings is 1. The van der Waals surface area contributed by atoms with Gasteiger partial charge in [-0.1, -0.05) is 0 Å². The molecule has 0 unspecified atom stereocenters. The van der Waals surface area contributed by atoms with E-state index in [4.69, 9.17) is 4.74 Å². The predicted molar refractivity (Wildman–Crippen MR) is 112 cm³/mol. The van der Waals surface area contributed by atoms with Gasteiger partial charge in [-0.2, -0.15) is 10.1 Å². The predicted octanol–water partition coefficient (Wildman–Crippen LogP) is 2.51. The molecule has 1 aromatic carbocycles. The molecule has 5 rings (SSSR count). The van der Waals surface area contributed by atoms with Gasteiger partial charge < -0.3 is 19.5 Å². The molecule has 1 amide bonds. The zero-order chi connectivity index (χ0) is 21.4. The highest BCUT2D eigenvalue weighted by Gasteiger charge is 2.22. The molecule has 9 nitrogen and oxygen atoms in total. The van der Waals surface area contributed by atoms with Crippen LogP contribution in [0.25, 0.3) is 16.7 Å². The highest BCUT2D eigenvalue weighted by Crippen LogP contribution is 2.23. The Kier molecular flexibility index (Phi) is 4.83. The van der Waals surface area contributed by atoms with Gasteiger partial charge in [-0.3, -0.25) is 9.48 Å². The number of aryl methyl sites for hydroxylation is 1. The van der Waals surface area contributed by atoms with Crippen molar-refractivity contribution in [2.75, 3.05) is 31.6 Å². The number of ether oxygens (including phenoxy) is 1. The molecule has 1 aliphatic rings. The molecular weight excluding hydrogens is 401 g/mol. The number of hydrogen-bond acceptors (Lipinski definition) is 6. The molecule has 1 aliphatic heterocycles. The molecule has 0 bridgehead atoms. The number of carbonyl (C=O) groups is 1. The average Bonchev–Trinajstić information content (AvgIpc) is 3.39. The highest BCUT2D eigenvalue weighted by atomic mass is 19.1. The Hall–Kier alpha value is -3.79. The van der Waals surface area contributed by atoms with Gasteiger partial charge in [-0.05, 0) is 24.3 Å². The smallest absolute Gasteiger partial charge is 0.256 e. The second kappa shape index (κ2) is 7.80. The van der Waals surface area contributed by atoms with Crippen LogP contribution in [0.15, 0.2) is 49.1 Å². The Balaban J connectivity index is 1.45. The number of hydrogen-bond donors (Lipinski definition) is 1. The molecule has 158 valence electrons. The molecule has 0 atom stereocenters. The van der Waals surface area contributed by atoms with Crippen LogP contribution in [0.4, 0.5) is 16.0 Å². The van der Waals surface area contributed by atoms with Crippen LogP contribution in [0.1, 0.15) is 10.4 Å². The zero-order valence-corrected chi connectivity index (χ0v) is 16.8. The maximum Gasteiger partial charge on any atom is 0.256 e. The Labute approximate surface area is 177 Å². The van der Waals surface area contributed by atoms with Crippen LogP contribution >= 0.6 is 0 Å². The van der Waals surface area contributed by atoms with Crippen LogP contribution in [0.5, 0.6) is 0 Å². The minimum atomic E-state index is -0.571. The number of fused-ring (bicyclic) bond motifs is 1. The maximum atomic E-state index is 14.9. The van der Waals surface area contributed by atoms with Gasteiger partial charge in [0.1, 0.15) is 11.5 Å². The van der Waals surface area contributed by atoms with Gasteiger partial charge >= 0.3 is 0 Å². The van der Waals surface area contributed by atoms with E-state index in [9.17, 15) is 9.18 Å². The van der Waals surface area contributed by atoms with Gasteiger partial charge in [-0.25, -0.2) is 9.37 Å². The van der Waals surface area contributed by atoms with E-state index in [0.717, 1.165) is 11.1 Å². The van der Waals surface area contributed by atoms with Crippen LogP contribution < -0.4 is 5.32 Å². The summed E-state index contributed by atoms with van der Waals surface area (Å²) in [4.78, 5) is 23.1. The lowest BCUT2D eigenvalue weighted by Crippen LogP contribution is -2.41. The molecule has 0 saturated carbocycles. The van der Waals surface area contributed by atoms with Crippen molar-refractivity contribution in [3.8, 4) is 5.69 Å². The summed E-state index contributed by atoms with van der Waals surface area (Å²) in [6.45, 7) is 1.86. The number of benzene rings is 1. The Morgan fingerprint density at radius 1 is 1.19 bits per heavy atom. The van der Waals surface area contributed by atoms with E-state index in [0.29, 0.717) is 43.6 Å². The fourth-order valence-electron chi connectivity index (χ4n) is 3.57. The van der Waals surface area contributed by atoms with Crippen molar-refractivity contribution in [1.29, 1.82) is 0 Å². The molecule has 31 heavy (non-hydrogen) atoms. The fourth-order valence-corrected chi connectivity index (χ4v) is 3.57. The minimum Gasteiger partial charge on any atom is -0.378 e. The van der Waals surface area contributed by atoms with Gasteiger partial charge in [0.25, 0.3) is 5.91 Å². The molecule has 10 heteroatoms. The van der Waals surface area contributed by atoms with Crippen molar-refractivity contribution in [2.45, 2.75) is 0 Å². The van der Waals surface area contributed by atoms with Gasteiger partial charge in [0, 0.05) is 49.8 Å². The summed E-state index contributed by atoms with van der Waals surface area (Å²) in [5, 5.41) is 8.02. The van der Waals surface area contributed by atoms with Crippen LogP contribution in [-0.4, -0.2) is 61.4 Å². The summed E-state index contributed by atoms with van der Waals surface area (Å²) in [6.07, 6.45) is 6.98. The first-order chi connectivity index (χ1) is 15.1. The standard InChI is InChI=1S/C21H20FN7O2/c1-27-13-15(12-24-27)25-21-23-11-14-4-5-29(19(14)26-21)16-2-3-17(18(22)10-16)20(30)28-6-8-31-9-7-28/h2-5,10-13H,6-9H2,1H3,(H,23,25,26). The molecule has 1 N–H and O–H groups in total. The van der Waals surface area contributed by atoms with Crippen molar-refractivity contribution < 1.29 is 13.9 Å². The largest absolute Gasteiger partial charge is 0.378 e. The van der Waals surface area contributed by atoms with Crippen molar-refractivity contribution in [2.24, 2.45) is 7.05 Å².